The lowest BCUT2D eigenvalue weighted by Crippen LogP contribution is -2.06. The molecule has 0 spiro atoms. The number of hydrogen-bond acceptors (Lipinski definition) is 2. The molecule has 0 aliphatic heterocycles. The van der Waals surface area contributed by atoms with Crippen LogP contribution in [0.4, 0.5) is 18.9 Å². The van der Waals surface area contributed by atoms with Crippen molar-refractivity contribution >= 4 is 16.5 Å². The van der Waals surface area contributed by atoms with E-state index in [-0.39, 0.29) is 5.39 Å². The van der Waals surface area contributed by atoms with Gasteiger partial charge in [-0.3, -0.25) is 4.98 Å². The molecule has 1 aromatic heterocycles. The van der Waals surface area contributed by atoms with Crippen LogP contribution in [0, 0.1) is 0 Å². The molecule has 0 radical (unpaired) electrons. The maximum absolute atomic E-state index is 12.6. The van der Waals surface area contributed by atoms with E-state index in [0.29, 0.717) is 11.1 Å². The highest BCUT2D eigenvalue weighted by atomic mass is 19.4. The van der Waals surface area contributed by atoms with Gasteiger partial charge in [0.15, 0.2) is 0 Å². The molecule has 0 fully saturated rings. The monoisotopic (exact) mass is 212 g/mol. The minimum Gasteiger partial charge on any atom is -0.399 e. The normalized spacial score (nSPS) is 11.9. The van der Waals surface area contributed by atoms with Crippen molar-refractivity contribution in [1.82, 2.24) is 4.98 Å². The average molecular weight is 212 g/mol. The maximum atomic E-state index is 12.6. The highest BCUT2D eigenvalue weighted by Crippen LogP contribution is 2.34. The molecule has 0 atom stereocenters. The molecule has 0 unspecified atom stereocenters. The van der Waals surface area contributed by atoms with Crippen molar-refractivity contribution in [2.75, 3.05) is 5.73 Å². The molecule has 0 bridgehead atoms. The molecule has 2 aromatic rings. The largest absolute Gasteiger partial charge is 0.418 e. The fourth-order valence-corrected chi connectivity index (χ4v) is 1.41. The number of benzene rings is 1. The summed E-state index contributed by atoms with van der Waals surface area (Å²) in [6, 6.07) is 4.37. The lowest BCUT2D eigenvalue weighted by molar-refractivity contribution is -0.136. The summed E-state index contributed by atoms with van der Waals surface area (Å²) in [5, 5.41) is 0.511. The second-order valence-corrected chi connectivity index (χ2v) is 3.17. The first-order chi connectivity index (χ1) is 6.98. The molecule has 15 heavy (non-hydrogen) atoms. The first-order valence-corrected chi connectivity index (χ1v) is 4.19. The molecular formula is C10H7F3N2. The molecule has 0 aliphatic rings. The molecule has 78 valence electrons. The number of halogens is 3. The van der Waals surface area contributed by atoms with E-state index in [2.05, 4.69) is 4.98 Å². The third-order valence-corrected chi connectivity index (χ3v) is 2.09. The number of hydrogen-bond donors (Lipinski definition) is 1. The Kier molecular flexibility index (Phi) is 2.03. The van der Waals surface area contributed by atoms with E-state index in [1.807, 2.05) is 0 Å². The Morgan fingerprint density at radius 3 is 2.53 bits per heavy atom. The van der Waals surface area contributed by atoms with Crippen LogP contribution in [0.3, 0.4) is 0 Å². The fraction of sp³-hybridized carbons (Fsp3) is 0.100. The van der Waals surface area contributed by atoms with Gasteiger partial charge in [0.2, 0.25) is 0 Å². The number of nitrogen functional groups attached to an aromatic ring is 1. The summed E-state index contributed by atoms with van der Waals surface area (Å²) in [7, 11) is 0. The standard InChI is InChI=1S/C10H7F3N2/c11-10(12,13)9-5-15-4-6-1-2-7(14)3-8(6)9/h1-5H,14H2. The predicted molar refractivity (Wildman–Crippen MR) is 51.2 cm³/mol. The summed E-state index contributed by atoms with van der Waals surface area (Å²) in [5.74, 6) is 0. The van der Waals surface area contributed by atoms with Crippen molar-refractivity contribution in [2.24, 2.45) is 0 Å². The van der Waals surface area contributed by atoms with Crippen LogP contribution in [0.15, 0.2) is 30.6 Å². The molecule has 0 aliphatic carbocycles. The van der Waals surface area contributed by atoms with E-state index in [0.717, 1.165) is 6.20 Å². The lowest BCUT2D eigenvalue weighted by atomic mass is 10.1. The van der Waals surface area contributed by atoms with Gasteiger partial charge in [-0.15, -0.1) is 0 Å². The summed E-state index contributed by atoms with van der Waals surface area (Å²) in [6.07, 6.45) is -2.22. The first kappa shape index (κ1) is 9.76. The van der Waals surface area contributed by atoms with Crippen LogP contribution in [0.1, 0.15) is 5.56 Å². The highest BCUT2D eigenvalue weighted by Gasteiger charge is 2.32. The van der Waals surface area contributed by atoms with E-state index in [9.17, 15) is 13.2 Å². The lowest BCUT2D eigenvalue weighted by Gasteiger charge is -2.09. The summed E-state index contributed by atoms with van der Waals surface area (Å²) < 4.78 is 37.7. The van der Waals surface area contributed by atoms with Crippen molar-refractivity contribution in [1.29, 1.82) is 0 Å². The number of rotatable bonds is 0. The van der Waals surface area contributed by atoms with Gasteiger partial charge in [-0.05, 0) is 17.5 Å². The Labute approximate surface area is 83.5 Å². The summed E-state index contributed by atoms with van der Waals surface area (Å²) in [6.45, 7) is 0. The van der Waals surface area contributed by atoms with Crippen molar-refractivity contribution in [3.05, 3.63) is 36.2 Å². The molecular weight excluding hydrogens is 205 g/mol. The minimum atomic E-state index is -4.40. The van der Waals surface area contributed by atoms with Crippen molar-refractivity contribution in [2.45, 2.75) is 6.18 Å². The van der Waals surface area contributed by atoms with Crippen LogP contribution in [0.5, 0.6) is 0 Å². The number of fused-ring (bicyclic) bond motifs is 1. The summed E-state index contributed by atoms with van der Waals surface area (Å²) in [4.78, 5) is 3.55. The Bertz CT molecular complexity index is 505. The molecule has 0 saturated carbocycles. The van der Waals surface area contributed by atoms with Crippen LogP contribution in [0.2, 0.25) is 0 Å². The van der Waals surface area contributed by atoms with Gasteiger partial charge < -0.3 is 5.73 Å². The van der Waals surface area contributed by atoms with Gasteiger partial charge in [0.1, 0.15) is 0 Å². The second-order valence-electron chi connectivity index (χ2n) is 3.17. The van der Waals surface area contributed by atoms with Gasteiger partial charge in [0, 0.05) is 23.5 Å². The zero-order chi connectivity index (χ0) is 11.1. The van der Waals surface area contributed by atoms with E-state index in [1.165, 1.54) is 18.3 Å². The van der Waals surface area contributed by atoms with Crippen LogP contribution in [-0.2, 0) is 6.18 Å². The summed E-state index contributed by atoms with van der Waals surface area (Å²) in [5.41, 5.74) is 5.00. The van der Waals surface area contributed by atoms with Gasteiger partial charge in [-0.25, -0.2) is 0 Å². The number of pyridine rings is 1. The van der Waals surface area contributed by atoms with Crippen LogP contribution < -0.4 is 5.73 Å². The van der Waals surface area contributed by atoms with Crippen LogP contribution >= 0.6 is 0 Å². The molecule has 2 nitrogen and oxygen atoms in total. The van der Waals surface area contributed by atoms with Gasteiger partial charge in [-0.2, -0.15) is 13.2 Å². The SMILES string of the molecule is Nc1ccc2cncc(C(F)(F)F)c2c1. The molecule has 1 heterocycles. The van der Waals surface area contributed by atoms with Crippen LogP contribution in [0.25, 0.3) is 10.8 Å². The van der Waals surface area contributed by atoms with Crippen LogP contribution in [-0.4, -0.2) is 4.98 Å². The minimum absolute atomic E-state index is 0.0810. The van der Waals surface area contributed by atoms with Gasteiger partial charge in [-0.1, -0.05) is 6.07 Å². The molecule has 1 aromatic carbocycles. The van der Waals surface area contributed by atoms with Crippen molar-refractivity contribution in [3.8, 4) is 0 Å². The summed E-state index contributed by atoms with van der Waals surface area (Å²) >= 11 is 0. The quantitative estimate of drug-likeness (QED) is 0.682. The van der Waals surface area contributed by atoms with Crippen molar-refractivity contribution in [3.63, 3.8) is 0 Å². The Balaban J connectivity index is 2.80. The third kappa shape index (κ3) is 1.72. The Morgan fingerprint density at radius 2 is 1.87 bits per heavy atom. The van der Waals surface area contributed by atoms with Gasteiger partial charge in [0.05, 0.1) is 5.56 Å². The third-order valence-electron chi connectivity index (χ3n) is 2.09. The number of anilines is 1. The zero-order valence-electron chi connectivity index (χ0n) is 7.55. The molecule has 2 N–H and O–H groups in total. The van der Waals surface area contributed by atoms with Gasteiger partial charge in [0.25, 0.3) is 0 Å². The first-order valence-electron chi connectivity index (χ1n) is 4.19. The topological polar surface area (TPSA) is 38.9 Å². The molecule has 0 saturated heterocycles. The fourth-order valence-electron chi connectivity index (χ4n) is 1.41. The highest BCUT2D eigenvalue weighted by molar-refractivity contribution is 5.87. The van der Waals surface area contributed by atoms with E-state index < -0.39 is 11.7 Å². The van der Waals surface area contributed by atoms with Crippen molar-refractivity contribution < 1.29 is 13.2 Å². The van der Waals surface area contributed by atoms with E-state index >= 15 is 0 Å². The van der Waals surface area contributed by atoms with Gasteiger partial charge >= 0.3 is 6.18 Å². The smallest absolute Gasteiger partial charge is 0.399 e. The zero-order valence-corrected chi connectivity index (χ0v) is 7.55. The second kappa shape index (κ2) is 3.12. The molecule has 5 heteroatoms. The number of nitrogens with zero attached hydrogens (tertiary/aromatic N) is 1. The Morgan fingerprint density at radius 1 is 1.13 bits per heavy atom. The number of aromatic nitrogens is 1. The predicted octanol–water partition coefficient (Wildman–Crippen LogP) is 2.84. The number of alkyl halides is 3. The average Bonchev–Trinajstić information content (AvgIpc) is 2.15. The Hall–Kier alpha value is -1.78. The maximum Gasteiger partial charge on any atom is 0.418 e. The van der Waals surface area contributed by atoms with E-state index in [1.54, 1.807) is 6.07 Å². The number of nitrogens with two attached hydrogens (primary N) is 1. The molecule has 0 amide bonds. The molecule has 2 rings (SSSR count). The van der Waals surface area contributed by atoms with E-state index in [4.69, 9.17) is 5.73 Å².